The molecule has 0 radical (unpaired) electrons. The zero-order chi connectivity index (χ0) is 15.8. The van der Waals surface area contributed by atoms with E-state index in [1.165, 1.54) is 0 Å². The first-order valence-corrected chi connectivity index (χ1v) is 7.38. The van der Waals surface area contributed by atoms with Gasteiger partial charge < -0.3 is 19.9 Å². The van der Waals surface area contributed by atoms with Gasteiger partial charge in [0.15, 0.2) is 0 Å². The molecule has 0 spiro atoms. The molecule has 0 aliphatic rings. The average molecular weight is 301 g/mol. The third-order valence-electron chi connectivity index (χ3n) is 3.30. The lowest BCUT2D eigenvalue weighted by atomic mass is 10.2. The summed E-state index contributed by atoms with van der Waals surface area (Å²) in [5.41, 5.74) is 2.29. The lowest BCUT2D eigenvalue weighted by Gasteiger charge is -2.13. The molecule has 2 aromatic carbocycles. The zero-order valence-electron chi connectivity index (χ0n) is 13.1. The van der Waals surface area contributed by atoms with E-state index in [2.05, 4.69) is 5.32 Å². The maximum atomic E-state index is 9.93. The van der Waals surface area contributed by atoms with Crippen LogP contribution >= 0.6 is 0 Å². The molecule has 0 aliphatic carbocycles. The van der Waals surface area contributed by atoms with Crippen molar-refractivity contribution in [2.24, 2.45) is 0 Å². The number of ether oxygens (including phenoxy) is 2. The predicted molar refractivity (Wildman–Crippen MR) is 87.4 cm³/mol. The van der Waals surface area contributed by atoms with Crippen molar-refractivity contribution in [1.29, 1.82) is 0 Å². The maximum absolute atomic E-state index is 9.93. The summed E-state index contributed by atoms with van der Waals surface area (Å²) in [6.07, 6.45) is -0.543. The quantitative estimate of drug-likeness (QED) is 0.787. The molecule has 0 bridgehead atoms. The van der Waals surface area contributed by atoms with E-state index in [0.717, 1.165) is 22.6 Å². The van der Waals surface area contributed by atoms with Gasteiger partial charge in [0.05, 0.1) is 7.11 Å². The van der Waals surface area contributed by atoms with Crippen molar-refractivity contribution in [3.8, 4) is 11.5 Å². The first-order valence-electron chi connectivity index (χ1n) is 7.38. The van der Waals surface area contributed by atoms with Gasteiger partial charge in [-0.2, -0.15) is 0 Å². The highest BCUT2D eigenvalue weighted by Crippen LogP contribution is 2.13. The minimum Gasteiger partial charge on any atom is -0.497 e. The van der Waals surface area contributed by atoms with E-state index >= 15 is 0 Å². The van der Waals surface area contributed by atoms with Gasteiger partial charge in [0.25, 0.3) is 0 Å². The molecule has 0 saturated carbocycles. The van der Waals surface area contributed by atoms with E-state index in [4.69, 9.17) is 9.47 Å². The van der Waals surface area contributed by atoms with Crippen LogP contribution < -0.4 is 14.8 Å². The first kappa shape index (κ1) is 16.3. The highest BCUT2D eigenvalue weighted by atomic mass is 16.5. The standard InChI is InChI=1S/C18H23NO3/c1-14-4-3-5-18(10-14)22-13-16(20)12-19-11-15-6-8-17(21-2)9-7-15/h3-10,16,19-20H,11-13H2,1-2H3. The van der Waals surface area contributed by atoms with Crippen LogP contribution in [0.5, 0.6) is 11.5 Å². The molecule has 118 valence electrons. The predicted octanol–water partition coefficient (Wildman–Crippen LogP) is 2.53. The molecule has 2 aromatic rings. The second kappa shape index (κ2) is 8.41. The number of nitrogens with one attached hydrogen (secondary N) is 1. The van der Waals surface area contributed by atoms with E-state index in [9.17, 15) is 5.11 Å². The topological polar surface area (TPSA) is 50.7 Å². The molecule has 4 nitrogen and oxygen atoms in total. The smallest absolute Gasteiger partial charge is 0.119 e. The lowest BCUT2D eigenvalue weighted by Crippen LogP contribution is -2.31. The van der Waals surface area contributed by atoms with Crippen molar-refractivity contribution in [3.05, 3.63) is 59.7 Å². The third-order valence-corrected chi connectivity index (χ3v) is 3.30. The van der Waals surface area contributed by atoms with Crippen molar-refractivity contribution < 1.29 is 14.6 Å². The van der Waals surface area contributed by atoms with Gasteiger partial charge in [-0.05, 0) is 42.3 Å². The molecule has 0 saturated heterocycles. The monoisotopic (exact) mass is 301 g/mol. The van der Waals surface area contributed by atoms with Gasteiger partial charge in [-0.1, -0.05) is 24.3 Å². The Labute approximate surface area is 131 Å². The number of benzene rings is 2. The van der Waals surface area contributed by atoms with Crippen molar-refractivity contribution in [2.75, 3.05) is 20.3 Å². The second-order valence-electron chi connectivity index (χ2n) is 5.26. The number of hydrogen-bond acceptors (Lipinski definition) is 4. The maximum Gasteiger partial charge on any atom is 0.119 e. The van der Waals surface area contributed by atoms with Crippen LogP contribution in [0.2, 0.25) is 0 Å². The van der Waals surface area contributed by atoms with Gasteiger partial charge in [-0.25, -0.2) is 0 Å². The molecule has 2 rings (SSSR count). The average Bonchev–Trinajstić information content (AvgIpc) is 2.54. The summed E-state index contributed by atoms with van der Waals surface area (Å²) in [6, 6.07) is 15.7. The molecule has 0 aromatic heterocycles. The summed E-state index contributed by atoms with van der Waals surface area (Å²) in [5.74, 6) is 1.63. The van der Waals surface area contributed by atoms with Crippen molar-refractivity contribution in [1.82, 2.24) is 5.32 Å². The Kier molecular flexibility index (Phi) is 6.25. The molecular weight excluding hydrogens is 278 g/mol. The van der Waals surface area contributed by atoms with E-state index < -0.39 is 6.10 Å². The summed E-state index contributed by atoms with van der Waals surface area (Å²) < 4.78 is 10.7. The summed E-state index contributed by atoms with van der Waals surface area (Å²) in [6.45, 7) is 3.47. The minimum absolute atomic E-state index is 0.277. The van der Waals surface area contributed by atoms with Crippen LogP contribution in [0.3, 0.4) is 0 Å². The fourth-order valence-electron chi connectivity index (χ4n) is 2.08. The zero-order valence-corrected chi connectivity index (χ0v) is 13.1. The number of methoxy groups -OCH3 is 1. The molecule has 2 N–H and O–H groups in total. The van der Waals surface area contributed by atoms with Crippen molar-refractivity contribution >= 4 is 0 Å². The Morgan fingerprint density at radius 2 is 1.86 bits per heavy atom. The van der Waals surface area contributed by atoms with E-state index in [0.29, 0.717) is 13.1 Å². The molecule has 1 atom stereocenters. The molecular formula is C18H23NO3. The SMILES string of the molecule is COc1ccc(CNCC(O)COc2cccc(C)c2)cc1. The van der Waals surface area contributed by atoms with Gasteiger partial charge in [0, 0.05) is 13.1 Å². The number of hydrogen-bond donors (Lipinski definition) is 2. The molecule has 1 unspecified atom stereocenters. The second-order valence-corrected chi connectivity index (χ2v) is 5.26. The lowest BCUT2D eigenvalue weighted by molar-refractivity contribution is 0.106. The van der Waals surface area contributed by atoms with Crippen LogP contribution in [-0.4, -0.2) is 31.5 Å². The fraction of sp³-hybridized carbons (Fsp3) is 0.333. The van der Waals surface area contributed by atoms with Crippen LogP contribution in [0, 0.1) is 6.92 Å². The highest BCUT2D eigenvalue weighted by molar-refractivity contribution is 5.28. The van der Waals surface area contributed by atoms with Gasteiger partial charge in [-0.15, -0.1) is 0 Å². The Morgan fingerprint density at radius 3 is 2.55 bits per heavy atom. The minimum atomic E-state index is -0.543. The Balaban J connectivity index is 1.67. The highest BCUT2D eigenvalue weighted by Gasteiger charge is 2.05. The van der Waals surface area contributed by atoms with Crippen LogP contribution in [0.4, 0.5) is 0 Å². The number of rotatable bonds is 8. The molecule has 0 aliphatic heterocycles. The Bertz CT molecular complexity index is 569. The van der Waals surface area contributed by atoms with Gasteiger partial charge in [0.2, 0.25) is 0 Å². The molecule has 4 heteroatoms. The Morgan fingerprint density at radius 1 is 1.09 bits per heavy atom. The van der Waals surface area contributed by atoms with Crippen LogP contribution in [0.1, 0.15) is 11.1 Å². The molecule has 22 heavy (non-hydrogen) atoms. The number of aliphatic hydroxyl groups excluding tert-OH is 1. The van der Waals surface area contributed by atoms with Crippen LogP contribution in [0.15, 0.2) is 48.5 Å². The van der Waals surface area contributed by atoms with Gasteiger partial charge in [0.1, 0.15) is 24.2 Å². The largest absolute Gasteiger partial charge is 0.497 e. The van der Waals surface area contributed by atoms with Gasteiger partial charge in [-0.3, -0.25) is 0 Å². The van der Waals surface area contributed by atoms with Crippen LogP contribution in [-0.2, 0) is 6.54 Å². The third kappa shape index (κ3) is 5.39. The van der Waals surface area contributed by atoms with Crippen LogP contribution in [0.25, 0.3) is 0 Å². The molecule has 0 amide bonds. The number of aryl methyl sites for hydroxylation is 1. The van der Waals surface area contributed by atoms with E-state index in [-0.39, 0.29) is 6.61 Å². The summed E-state index contributed by atoms with van der Waals surface area (Å²) in [4.78, 5) is 0. The molecule has 0 heterocycles. The number of aliphatic hydroxyl groups is 1. The fourth-order valence-corrected chi connectivity index (χ4v) is 2.08. The molecule has 0 fully saturated rings. The van der Waals surface area contributed by atoms with E-state index in [1.807, 2.05) is 55.5 Å². The van der Waals surface area contributed by atoms with E-state index in [1.54, 1.807) is 7.11 Å². The summed E-state index contributed by atoms with van der Waals surface area (Å²) in [5, 5.41) is 13.1. The normalized spacial score (nSPS) is 12.0. The van der Waals surface area contributed by atoms with Gasteiger partial charge >= 0.3 is 0 Å². The summed E-state index contributed by atoms with van der Waals surface area (Å²) >= 11 is 0. The summed E-state index contributed by atoms with van der Waals surface area (Å²) in [7, 11) is 1.65. The first-order chi connectivity index (χ1) is 10.7. The van der Waals surface area contributed by atoms with Crippen molar-refractivity contribution in [3.63, 3.8) is 0 Å². The Hall–Kier alpha value is -2.04. The van der Waals surface area contributed by atoms with Crippen molar-refractivity contribution in [2.45, 2.75) is 19.6 Å².